The molecule has 58 heavy (non-hydrogen) atoms. The van der Waals surface area contributed by atoms with E-state index in [1.807, 2.05) is 12.1 Å². The van der Waals surface area contributed by atoms with Crippen LogP contribution in [0.1, 0.15) is 22.3 Å². The molecule has 8 aromatic carbocycles. The Labute approximate surface area is 337 Å². The van der Waals surface area contributed by atoms with Crippen LogP contribution in [0, 0.1) is 13.8 Å². The molecule has 0 bridgehead atoms. The van der Waals surface area contributed by atoms with Gasteiger partial charge in [0, 0.05) is 27.5 Å². The van der Waals surface area contributed by atoms with Crippen LogP contribution in [0.5, 0.6) is 0 Å². The van der Waals surface area contributed by atoms with Crippen molar-refractivity contribution in [1.29, 1.82) is 0 Å². The summed E-state index contributed by atoms with van der Waals surface area (Å²) in [6.45, 7) is 4.48. The van der Waals surface area contributed by atoms with E-state index in [1.165, 1.54) is 38.9 Å². The minimum atomic E-state index is 0.791. The molecule has 11 rings (SSSR count). The fraction of sp³-hybridized carbons (Fsp3) is 0.0556. The fourth-order valence-corrected chi connectivity index (χ4v) is 9.24. The van der Waals surface area contributed by atoms with Crippen molar-refractivity contribution in [2.45, 2.75) is 20.3 Å². The third-order valence-corrected chi connectivity index (χ3v) is 12.0. The lowest BCUT2D eigenvalue weighted by atomic mass is 9.81. The zero-order chi connectivity index (χ0) is 38.7. The van der Waals surface area contributed by atoms with Gasteiger partial charge >= 0.3 is 0 Å². The number of aromatic nitrogens is 3. The molecule has 0 saturated carbocycles. The van der Waals surface area contributed by atoms with E-state index < -0.39 is 0 Å². The normalized spacial score (nSPS) is 11.9. The summed E-state index contributed by atoms with van der Waals surface area (Å²) in [4.78, 5) is 0. The smallest absolute Gasteiger partial charge is 0.136 e. The average Bonchev–Trinajstić information content (AvgIpc) is 3.85. The quantitative estimate of drug-likeness (QED) is 0.170. The highest BCUT2D eigenvalue weighted by atomic mass is 16.3. The van der Waals surface area contributed by atoms with E-state index in [1.54, 1.807) is 0 Å². The maximum Gasteiger partial charge on any atom is 0.136 e. The lowest BCUT2D eigenvalue weighted by Gasteiger charge is -2.23. The highest BCUT2D eigenvalue weighted by Crippen LogP contribution is 2.52. The van der Waals surface area contributed by atoms with Crippen LogP contribution < -0.4 is 0 Å². The number of aryl methyl sites for hydroxylation is 1. The average molecular weight is 744 g/mol. The van der Waals surface area contributed by atoms with Gasteiger partial charge in [0.05, 0.1) is 0 Å². The van der Waals surface area contributed by atoms with Gasteiger partial charge < -0.3 is 4.42 Å². The van der Waals surface area contributed by atoms with Crippen LogP contribution in [0.3, 0.4) is 0 Å². The Hall–Kier alpha value is -7.43. The van der Waals surface area contributed by atoms with Gasteiger partial charge in [-0.2, -0.15) is 0 Å². The van der Waals surface area contributed by atoms with Crippen LogP contribution in [0.4, 0.5) is 0 Å². The number of para-hydroxylation sites is 1. The van der Waals surface area contributed by atoms with E-state index in [-0.39, 0.29) is 0 Å². The molecule has 2 heterocycles. The predicted molar refractivity (Wildman–Crippen MR) is 237 cm³/mol. The van der Waals surface area contributed by atoms with Crippen molar-refractivity contribution in [3.8, 4) is 78.1 Å². The maximum atomic E-state index is 6.49. The SMILES string of the molecule is Cc1cc2c(c(-c3c(-c4ccccc4)nnnc3-c3c(-c4ccccc4-c4ccccc4)cccc3-c3cccc4oc5ccccc5c34)c1C)Cc1ccccc1-2. The molecular formula is C54H37N3O. The molecule has 0 amide bonds. The Bertz CT molecular complexity index is 3220. The Balaban J connectivity index is 1.31. The second kappa shape index (κ2) is 13.6. The number of benzene rings is 8. The predicted octanol–water partition coefficient (Wildman–Crippen LogP) is 14.0. The van der Waals surface area contributed by atoms with Gasteiger partial charge in [-0.15, -0.1) is 10.2 Å². The van der Waals surface area contributed by atoms with Crippen LogP contribution in [0.15, 0.2) is 180 Å². The molecule has 0 unspecified atom stereocenters. The van der Waals surface area contributed by atoms with Crippen molar-refractivity contribution < 1.29 is 4.42 Å². The summed E-state index contributed by atoms with van der Waals surface area (Å²) in [5.41, 5.74) is 21.7. The van der Waals surface area contributed by atoms with Gasteiger partial charge in [-0.25, -0.2) is 0 Å². The molecule has 274 valence electrons. The molecule has 0 atom stereocenters. The highest BCUT2D eigenvalue weighted by Gasteiger charge is 2.31. The molecule has 4 nitrogen and oxygen atoms in total. The van der Waals surface area contributed by atoms with Gasteiger partial charge in [0.15, 0.2) is 0 Å². The summed E-state index contributed by atoms with van der Waals surface area (Å²) in [7, 11) is 0. The van der Waals surface area contributed by atoms with Crippen LogP contribution in [-0.4, -0.2) is 15.4 Å². The first kappa shape index (κ1) is 33.9. The summed E-state index contributed by atoms with van der Waals surface area (Å²) in [6.07, 6.45) is 0.823. The molecule has 4 heteroatoms. The van der Waals surface area contributed by atoms with Crippen LogP contribution in [0.25, 0.3) is 100 Å². The van der Waals surface area contributed by atoms with Gasteiger partial charge in [-0.1, -0.05) is 164 Å². The Morgan fingerprint density at radius 1 is 0.431 bits per heavy atom. The third-order valence-electron chi connectivity index (χ3n) is 12.0. The zero-order valence-corrected chi connectivity index (χ0v) is 32.2. The lowest BCUT2D eigenvalue weighted by Crippen LogP contribution is -2.06. The lowest BCUT2D eigenvalue weighted by molar-refractivity contribution is 0.669. The fourth-order valence-electron chi connectivity index (χ4n) is 9.24. The number of rotatable bonds is 6. The van der Waals surface area contributed by atoms with E-state index in [4.69, 9.17) is 14.6 Å². The van der Waals surface area contributed by atoms with Gasteiger partial charge in [-0.05, 0) is 110 Å². The minimum Gasteiger partial charge on any atom is -0.456 e. The minimum absolute atomic E-state index is 0.791. The molecule has 10 aromatic rings. The summed E-state index contributed by atoms with van der Waals surface area (Å²) in [6, 6.07) is 62.3. The first-order valence-corrected chi connectivity index (χ1v) is 19.8. The number of furan rings is 1. The van der Waals surface area contributed by atoms with Crippen LogP contribution in [0.2, 0.25) is 0 Å². The second-order valence-electron chi connectivity index (χ2n) is 15.2. The summed E-state index contributed by atoms with van der Waals surface area (Å²) in [5, 5.41) is 16.9. The second-order valence-corrected chi connectivity index (χ2v) is 15.2. The number of nitrogens with zero attached hydrogens (tertiary/aromatic N) is 3. The number of fused-ring (bicyclic) bond motifs is 6. The van der Waals surface area contributed by atoms with Crippen molar-refractivity contribution >= 4 is 21.9 Å². The largest absolute Gasteiger partial charge is 0.456 e. The molecule has 1 aliphatic carbocycles. The monoisotopic (exact) mass is 743 g/mol. The van der Waals surface area contributed by atoms with Crippen molar-refractivity contribution in [3.63, 3.8) is 0 Å². The van der Waals surface area contributed by atoms with Crippen LogP contribution >= 0.6 is 0 Å². The summed E-state index contributed by atoms with van der Waals surface area (Å²) < 4.78 is 6.49. The molecule has 2 aromatic heterocycles. The molecule has 0 aliphatic heterocycles. The molecular weight excluding hydrogens is 707 g/mol. The first-order chi connectivity index (χ1) is 28.6. The molecule has 0 radical (unpaired) electrons. The maximum absolute atomic E-state index is 6.49. The van der Waals surface area contributed by atoms with Crippen molar-refractivity contribution in [2.75, 3.05) is 0 Å². The van der Waals surface area contributed by atoms with E-state index >= 15 is 0 Å². The van der Waals surface area contributed by atoms with Gasteiger partial charge in [0.25, 0.3) is 0 Å². The van der Waals surface area contributed by atoms with Crippen molar-refractivity contribution in [3.05, 3.63) is 198 Å². The van der Waals surface area contributed by atoms with Gasteiger partial charge in [0.2, 0.25) is 0 Å². The van der Waals surface area contributed by atoms with Crippen molar-refractivity contribution in [1.82, 2.24) is 15.4 Å². The van der Waals surface area contributed by atoms with Gasteiger partial charge in [-0.3, -0.25) is 0 Å². The van der Waals surface area contributed by atoms with Gasteiger partial charge in [0.1, 0.15) is 22.6 Å². The molecule has 0 saturated heterocycles. The van der Waals surface area contributed by atoms with Crippen molar-refractivity contribution in [2.24, 2.45) is 0 Å². The van der Waals surface area contributed by atoms with E-state index in [2.05, 4.69) is 183 Å². The van der Waals surface area contributed by atoms with Crippen LogP contribution in [-0.2, 0) is 6.42 Å². The number of hydrogen-bond donors (Lipinski definition) is 0. The number of hydrogen-bond acceptors (Lipinski definition) is 4. The molecule has 0 N–H and O–H groups in total. The first-order valence-electron chi connectivity index (χ1n) is 19.8. The highest BCUT2D eigenvalue weighted by molar-refractivity contribution is 6.15. The Morgan fingerprint density at radius 2 is 1.02 bits per heavy atom. The standard InChI is InChI=1S/C54H37N3O/c1-33-31-45-39-23-10-9-21-37(39)32-46(45)49(34(33)2)52-53(36-19-7-4-8-20-36)55-57-56-54(52)51-41(40-24-12-11-22-38(40)35-17-5-3-6-18-35)26-15-27-43(51)42-28-16-30-48-50(42)44-25-13-14-29-47(44)58-48/h3-31H,32H2,1-2H3. The molecule has 1 aliphatic rings. The third kappa shape index (κ3) is 5.33. The van der Waals surface area contributed by atoms with E-state index in [9.17, 15) is 0 Å². The topological polar surface area (TPSA) is 51.8 Å². The molecule has 0 fully saturated rings. The Morgan fingerprint density at radius 3 is 1.83 bits per heavy atom. The molecule has 0 spiro atoms. The summed E-state index contributed by atoms with van der Waals surface area (Å²) >= 11 is 0. The van der Waals surface area contributed by atoms with E-state index in [0.29, 0.717) is 0 Å². The van der Waals surface area contributed by atoms with E-state index in [0.717, 1.165) is 89.8 Å². The summed E-state index contributed by atoms with van der Waals surface area (Å²) in [5.74, 6) is 0. The Kier molecular flexibility index (Phi) is 7.97. The zero-order valence-electron chi connectivity index (χ0n) is 32.2.